The van der Waals surface area contributed by atoms with E-state index in [0.717, 1.165) is 5.56 Å². The van der Waals surface area contributed by atoms with Crippen LogP contribution >= 0.6 is 23.2 Å². The van der Waals surface area contributed by atoms with Crippen LogP contribution in [0, 0.1) is 5.82 Å². The Morgan fingerprint density at radius 2 is 1.79 bits per heavy atom. The first-order valence-electron chi connectivity index (χ1n) is 5.76. The molecule has 0 bridgehead atoms. The highest BCUT2D eigenvalue weighted by Gasteiger charge is 2.11. The normalized spacial score (nSPS) is 12.2. The van der Waals surface area contributed by atoms with Crippen LogP contribution < -0.4 is 11.1 Å². The summed E-state index contributed by atoms with van der Waals surface area (Å²) < 4.78 is 13.1. The molecule has 2 aromatic rings. The molecule has 3 N–H and O–H groups in total. The minimum Gasteiger partial charge on any atom is -0.377 e. The fourth-order valence-corrected chi connectivity index (χ4v) is 2.38. The SMILES string of the molecule is NCC(Nc1cccc(F)c1)c1cc(Cl)cc(Cl)c1. The van der Waals surface area contributed by atoms with Crippen LogP contribution in [0.2, 0.25) is 10.0 Å². The van der Waals surface area contributed by atoms with E-state index in [9.17, 15) is 4.39 Å². The first-order valence-corrected chi connectivity index (χ1v) is 6.52. The molecule has 0 radical (unpaired) electrons. The van der Waals surface area contributed by atoms with Crippen LogP contribution in [0.1, 0.15) is 11.6 Å². The molecule has 0 aliphatic rings. The van der Waals surface area contributed by atoms with Crippen LogP contribution in [0.3, 0.4) is 0 Å². The largest absolute Gasteiger partial charge is 0.377 e. The second-order valence-electron chi connectivity index (χ2n) is 4.15. The van der Waals surface area contributed by atoms with E-state index in [4.69, 9.17) is 28.9 Å². The van der Waals surface area contributed by atoms with Crippen molar-refractivity contribution in [3.05, 3.63) is 63.9 Å². The van der Waals surface area contributed by atoms with E-state index in [2.05, 4.69) is 5.32 Å². The number of benzene rings is 2. The topological polar surface area (TPSA) is 38.0 Å². The maximum absolute atomic E-state index is 13.1. The molecule has 2 nitrogen and oxygen atoms in total. The fraction of sp³-hybridized carbons (Fsp3) is 0.143. The fourth-order valence-electron chi connectivity index (χ4n) is 1.83. The Morgan fingerprint density at radius 1 is 1.11 bits per heavy atom. The van der Waals surface area contributed by atoms with Crippen molar-refractivity contribution in [1.29, 1.82) is 0 Å². The zero-order chi connectivity index (χ0) is 13.8. The molecule has 5 heteroatoms. The Morgan fingerprint density at radius 3 is 2.37 bits per heavy atom. The molecule has 2 rings (SSSR count). The predicted octanol–water partition coefficient (Wildman–Crippen LogP) is 4.24. The van der Waals surface area contributed by atoms with E-state index < -0.39 is 0 Å². The Balaban J connectivity index is 2.24. The van der Waals surface area contributed by atoms with Gasteiger partial charge in [0.2, 0.25) is 0 Å². The summed E-state index contributed by atoms with van der Waals surface area (Å²) in [6.07, 6.45) is 0. The third-order valence-corrected chi connectivity index (χ3v) is 3.12. The minimum absolute atomic E-state index is 0.182. The lowest BCUT2D eigenvalue weighted by atomic mass is 10.1. The molecule has 0 saturated carbocycles. The molecule has 0 saturated heterocycles. The molecule has 19 heavy (non-hydrogen) atoms. The van der Waals surface area contributed by atoms with Gasteiger partial charge >= 0.3 is 0 Å². The molecule has 0 fully saturated rings. The summed E-state index contributed by atoms with van der Waals surface area (Å²) >= 11 is 11.9. The van der Waals surface area contributed by atoms with Crippen molar-refractivity contribution in [3.63, 3.8) is 0 Å². The molecule has 0 amide bonds. The number of halogens is 3. The van der Waals surface area contributed by atoms with Crippen LogP contribution in [0.4, 0.5) is 10.1 Å². The Hall–Kier alpha value is -1.29. The van der Waals surface area contributed by atoms with Crippen molar-refractivity contribution in [3.8, 4) is 0 Å². The first-order chi connectivity index (χ1) is 9.08. The monoisotopic (exact) mass is 298 g/mol. The van der Waals surface area contributed by atoms with Crippen molar-refractivity contribution in [2.45, 2.75) is 6.04 Å². The van der Waals surface area contributed by atoms with E-state index >= 15 is 0 Å². The average Bonchev–Trinajstić information content (AvgIpc) is 2.34. The standard InChI is InChI=1S/C14H13Cl2FN2/c15-10-4-9(5-11(16)6-10)14(8-18)19-13-3-1-2-12(17)7-13/h1-7,14,19H,8,18H2. The van der Waals surface area contributed by atoms with Gasteiger partial charge in [0.05, 0.1) is 6.04 Å². The number of hydrogen-bond acceptors (Lipinski definition) is 2. The maximum Gasteiger partial charge on any atom is 0.125 e. The van der Waals surface area contributed by atoms with Gasteiger partial charge < -0.3 is 11.1 Å². The molecular weight excluding hydrogens is 286 g/mol. The van der Waals surface area contributed by atoms with Crippen molar-refractivity contribution in [1.82, 2.24) is 0 Å². The van der Waals surface area contributed by atoms with Crippen LogP contribution in [0.15, 0.2) is 42.5 Å². The van der Waals surface area contributed by atoms with E-state index in [1.54, 1.807) is 30.3 Å². The zero-order valence-electron chi connectivity index (χ0n) is 10.0. The first kappa shape index (κ1) is 14.1. The summed E-state index contributed by atoms with van der Waals surface area (Å²) in [5.74, 6) is -0.301. The molecule has 2 aromatic carbocycles. The number of hydrogen-bond donors (Lipinski definition) is 2. The molecule has 1 atom stereocenters. The number of anilines is 1. The van der Waals surface area contributed by atoms with Gasteiger partial charge in [-0.05, 0) is 42.0 Å². The minimum atomic E-state index is -0.301. The second-order valence-corrected chi connectivity index (χ2v) is 5.02. The molecule has 1 unspecified atom stereocenters. The van der Waals surface area contributed by atoms with E-state index in [0.29, 0.717) is 22.3 Å². The third kappa shape index (κ3) is 3.83. The van der Waals surface area contributed by atoms with Crippen LogP contribution in [0.25, 0.3) is 0 Å². The van der Waals surface area contributed by atoms with Gasteiger partial charge in [-0.15, -0.1) is 0 Å². The molecule has 0 aliphatic carbocycles. The van der Waals surface area contributed by atoms with Gasteiger partial charge in [0, 0.05) is 22.3 Å². The van der Waals surface area contributed by atoms with Gasteiger partial charge in [0.25, 0.3) is 0 Å². The Kier molecular flexibility index (Phi) is 4.64. The summed E-state index contributed by atoms with van der Waals surface area (Å²) in [5, 5.41) is 4.24. The van der Waals surface area contributed by atoms with Crippen molar-refractivity contribution in [2.75, 3.05) is 11.9 Å². The number of rotatable bonds is 4. The third-order valence-electron chi connectivity index (χ3n) is 2.69. The summed E-state index contributed by atoms with van der Waals surface area (Å²) in [7, 11) is 0. The molecule has 0 aliphatic heterocycles. The van der Waals surface area contributed by atoms with E-state index in [1.807, 2.05) is 0 Å². The van der Waals surface area contributed by atoms with Gasteiger partial charge in [0.15, 0.2) is 0 Å². The van der Waals surface area contributed by atoms with Gasteiger partial charge in [-0.25, -0.2) is 4.39 Å². The molecular formula is C14H13Cl2FN2. The second kappa shape index (κ2) is 6.24. The Bertz CT molecular complexity index is 555. The zero-order valence-corrected chi connectivity index (χ0v) is 11.5. The Labute approximate surface area is 121 Å². The number of nitrogens with two attached hydrogens (primary N) is 1. The van der Waals surface area contributed by atoms with Crippen molar-refractivity contribution >= 4 is 28.9 Å². The van der Waals surface area contributed by atoms with Gasteiger partial charge in [-0.2, -0.15) is 0 Å². The average molecular weight is 299 g/mol. The highest BCUT2D eigenvalue weighted by Crippen LogP contribution is 2.25. The maximum atomic E-state index is 13.1. The summed E-state index contributed by atoms with van der Waals surface area (Å²) in [4.78, 5) is 0. The summed E-state index contributed by atoms with van der Waals surface area (Å²) in [5.41, 5.74) is 7.27. The molecule has 0 aromatic heterocycles. The van der Waals surface area contributed by atoms with Gasteiger partial charge in [0.1, 0.15) is 5.82 Å². The molecule has 0 heterocycles. The van der Waals surface area contributed by atoms with Gasteiger partial charge in [-0.1, -0.05) is 29.3 Å². The summed E-state index contributed by atoms with van der Waals surface area (Å²) in [6, 6.07) is 11.3. The van der Waals surface area contributed by atoms with E-state index in [1.165, 1.54) is 12.1 Å². The lowest BCUT2D eigenvalue weighted by molar-refractivity contribution is 0.627. The van der Waals surface area contributed by atoms with Crippen LogP contribution in [0.5, 0.6) is 0 Å². The molecule has 0 spiro atoms. The lowest BCUT2D eigenvalue weighted by Crippen LogP contribution is -2.20. The smallest absolute Gasteiger partial charge is 0.125 e. The van der Waals surface area contributed by atoms with Crippen molar-refractivity contribution in [2.24, 2.45) is 5.73 Å². The molecule has 100 valence electrons. The highest BCUT2D eigenvalue weighted by atomic mass is 35.5. The lowest BCUT2D eigenvalue weighted by Gasteiger charge is -2.19. The number of nitrogens with one attached hydrogen (secondary N) is 1. The quantitative estimate of drug-likeness (QED) is 0.886. The summed E-state index contributed by atoms with van der Waals surface area (Å²) in [6.45, 7) is 0.340. The van der Waals surface area contributed by atoms with Crippen LogP contribution in [-0.2, 0) is 0 Å². The van der Waals surface area contributed by atoms with Crippen LogP contribution in [-0.4, -0.2) is 6.54 Å². The predicted molar refractivity (Wildman–Crippen MR) is 78.3 cm³/mol. The highest BCUT2D eigenvalue weighted by molar-refractivity contribution is 6.34. The van der Waals surface area contributed by atoms with E-state index in [-0.39, 0.29) is 11.9 Å². The van der Waals surface area contributed by atoms with Gasteiger partial charge in [-0.3, -0.25) is 0 Å². The van der Waals surface area contributed by atoms with Crippen molar-refractivity contribution < 1.29 is 4.39 Å².